The van der Waals surface area contributed by atoms with Crippen molar-refractivity contribution in [2.24, 2.45) is 0 Å². The van der Waals surface area contributed by atoms with E-state index in [1.807, 2.05) is 0 Å². The summed E-state index contributed by atoms with van der Waals surface area (Å²) in [6, 6.07) is 12.0. The van der Waals surface area contributed by atoms with Gasteiger partial charge in [0.15, 0.2) is 0 Å². The van der Waals surface area contributed by atoms with Gasteiger partial charge in [-0.15, -0.1) is 0 Å². The standard InChI is InChI=1S/C17H17BrN2O4/c1-23-13-6-3-11(4-7-13)9-16(21)19-20-17(22)12-5-8-15(24-2)14(18)10-12/h3-8,10H,9H2,1-2H3,(H,19,21)(H,20,22). The fraction of sp³-hybridized carbons (Fsp3) is 0.176. The van der Waals surface area contributed by atoms with Crippen molar-refractivity contribution in [2.45, 2.75) is 6.42 Å². The van der Waals surface area contributed by atoms with Gasteiger partial charge in [0.2, 0.25) is 5.91 Å². The molecule has 2 N–H and O–H groups in total. The second-order valence-electron chi connectivity index (χ2n) is 4.88. The molecule has 0 aliphatic rings. The van der Waals surface area contributed by atoms with Crippen LogP contribution in [0.1, 0.15) is 15.9 Å². The Morgan fingerprint density at radius 3 is 2.29 bits per heavy atom. The van der Waals surface area contributed by atoms with Crippen molar-refractivity contribution in [2.75, 3.05) is 14.2 Å². The van der Waals surface area contributed by atoms with Crippen LogP contribution in [0.4, 0.5) is 0 Å². The minimum absolute atomic E-state index is 0.149. The topological polar surface area (TPSA) is 76.7 Å². The Kier molecular flexibility index (Phi) is 6.20. The fourth-order valence-electron chi connectivity index (χ4n) is 1.98. The van der Waals surface area contributed by atoms with E-state index in [4.69, 9.17) is 9.47 Å². The van der Waals surface area contributed by atoms with Gasteiger partial charge in [-0.1, -0.05) is 12.1 Å². The Morgan fingerprint density at radius 1 is 1.00 bits per heavy atom. The van der Waals surface area contributed by atoms with Crippen LogP contribution in [0.2, 0.25) is 0 Å². The molecule has 2 aromatic rings. The van der Waals surface area contributed by atoms with E-state index in [2.05, 4.69) is 26.8 Å². The molecule has 126 valence electrons. The highest BCUT2D eigenvalue weighted by atomic mass is 79.9. The molecule has 0 unspecified atom stereocenters. The lowest BCUT2D eigenvalue weighted by Gasteiger charge is -2.09. The third-order valence-electron chi connectivity index (χ3n) is 3.25. The molecule has 0 aliphatic heterocycles. The number of rotatable bonds is 5. The van der Waals surface area contributed by atoms with Crippen molar-refractivity contribution in [3.63, 3.8) is 0 Å². The number of benzene rings is 2. The molecule has 0 radical (unpaired) electrons. The first kappa shape index (κ1) is 17.8. The number of hydrogen-bond acceptors (Lipinski definition) is 4. The molecule has 0 saturated carbocycles. The fourth-order valence-corrected chi connectivity index (χ4v) is 2.52. The quantitative estimate of drug-likeness (QED) is 0.766. The van der Waals surface area contributed by atoms with E-state index < -0.39 is 5.91 Å². The molecular weight excluding hydrogens is 376 g/mol. The Bertz CT molecular complexity index is 732. The van der Waals surface area contributed by atoms with Crippen LogP contribution in [-0.4, -0.2) is 26.0 Å². The highest BCUT2D eigenvalue weighted by Gasteiger charge is 2.10. The number of nitrogens with one attached hydrogen (secondary N) is 2. The monoisotopic (exact) mass is 392 g/mol. The zero-order chi connectivity index (χ0) is 17.5. The Balaban J connectivity index is 1.88. The van der Waals surface area contributed by atoms with Gasteiger partial charge in [0, 0.05) is 5.56 Å². The lowest BCUT2D eigenvalue weighted by Crippen LogP contribution is -2.42. The molecule has 0 spiro atoms. The van der Waals surface area contributed by atoms with Gasteiger partial charge in [-0.3, -0.25) is 20.4 Å². The molecule has 0 aliphatic carbocycles. The van der Waals surface area contributed by atoms with E-state index in [1.54, 1.807) is 56.7 Å². The van der Waals surface area contributed by atoms with Crippen molar-refractivity contribution in [3.05, 3.63) is 58.1 Å². The predicted octanol–water partition coefficient (Wildman–Crippen LogP) is 2.47. The summed E-state index contributed by atoms with van der Waals surface area (Å²) in [6.45, 7) is 0. The normalized spacial score (nSPS) is 9.96. The number of carbonyl (C=O) groups is 2. The van der Waals surface area contributed by atoms with Crippen molar-refractivity contribution in [1.29, 1.82) is 0 Å². The van der Waals surface area contributed by atoms with Gasteiger partial charge in [-0.2, -0.15) is 0 Å². The van der Waals surface area contributed by atoms with Gasteiger partial charge in [-0.05, 0) is 51.8 Å². The molecule has 0 bridgehead atoms. The maximum Gasteiger partial charge on any atom is 0.269 e. The molecule has 0 aromatic heterocycles. The molecule has 2 amide bonds. The average molecular weight is 393 g/mol. The van der Waals surface area contributed by atoms with Crippen molar-refractivity contribution >= 4 is 27.7 Å². The van der Waals surface area contributed by atoms with Crippen LogP contribution in [-0.2, 0) is 11.2 Å². The lowest BCUT2D eigenvalue weighted by atomic mass is 10.1. The Labute approximate surface area is 148 Å². The summed E-state index contributed by atoms with van der Waals surface area (Å²) in [7, 11) is 3.12. The second kappa shape index (κ2) is 8.35. The van der Waals surface area contributed by atoms with Gasteiger partial charge < -0.3 is 9.47 Å². The van der Waals surface area contributed by atoms with Crippen LogP contribution < -0.4 is 20.3 Å². The number of methoxy groups -OCH3 is 2. The predicted molar refractivity (Wildman–Crippen MR) is 93.0 cm³/mol. The molecular formula is C17H17BrN2O4. The number of ether oxygens (including phenoxy) is 2. The minimum atomic E-state index is -0.415. The molecule has 2 aromatic carbocycles. The average Bonchev–Trinajstić information content (AvgIpc) is 2.60. The zero-order valence-corrected chi connectivity index (χ0v) is 14.8. The molecule has 2 rings (SSSR count). The smallest absolute Gasteiger partial charge is 0.269 e. The molecule has 0 fully saturated rings. The summed E-state index contributed by atoms with van der Waals surface area (Å²) in [5, 5.41) is 0. The first-order chi connectivity index (χ1) is 11.5. The maximum atomic E-state index is 12.0. The largest absolute Gasteiger partial charge is 0.497 e. The SMILES string of the molecule is COc1ccc(CC(=O)NNC(=O)c2ccc(OC)c(Br)c2)cc1. The summed E-state index contributed by atoms with van der Waals surface area (Å²) >= 11 is 3.31. The van der Waals surface area contributed by atoms with Crippen molar-refractivity contribution in [3.8, 4) is 11.5 Å². The number of hydrazine groups is 1. The van der Waals surface area contributed by atoms with E-state index in [0.717, 1.165) is 11.3 Å². The summed E-state index contributed by atoms with van der Waals surface area (Å²) < 4.78 is 10.8. The zero-order valence-electron chi connectivity index (χ0n) is 13.3. The maximum absolute atomic E-state index is 12.0. The molecule has 24 heavy (non-hydrogen) atoms. The Morgan fingerprint density at radius 2 is 1.71 bits per heavy atom. The highest BCUT2D eigenvalue weighted by Crippen LogP contribution is 2.25. The molecule has 7 heteroatoms. The van der Waals surface area contributed by atoms with Gasteiger partial charge in [0.05, 0.1) is 25.1 Å². The van der Waals surface area contributed by atoms with E-state index in [0.29, 0.717) is 15.8 Å². The van der Waals surface area contributed by atoms with Crippen LogP contribution in [0.15, 0.2) is 46.9 Å². The van der Waals surface area contributed by atoms with Crippen LogP contribution in [0.5, 0.6) is 11.5 Å². The third-order valence-corrected chi connectivity index (χ3v) is 3.87. The number of amides is 2. The van der Waals surface area contributed by atoms with Gasteiger partial charge >= 0.3 is 0 Å². The van der Waals surface area contributed by atoms with Crippen LogP contribution in [0.25, 0.3) is 0 Å². The molecule has 0 saturated heterocycles. The number of hydrogen-bond donors (Lipinski definition) is 2. The highest BCUT2D eigenvalue weighted by molar-refractivity contribution is 9.10. The van der Waals surface area contributed by atoms with Crippen LogP contribution in [0, 0.1) is 0 Å². The van der Waals surface area contributed by atoms with Gasteiger partial charge in [-0.25, -0.2) is 0 Å². The molecule has 6 nitrogen and oxygen atoms in total. The number of carbonyl (C=O) groups excluding carboxylic acids is 2. The lowest BCUT2D eigenvalue weighted by molar-refractivity contribution is -0.121. The van der Waals surface area contributed by atoms with Crippen molar-refractivity contribution < 1.29 is 19.1 Å². The second-order valence-corrected chi connectivity index (χ2v) is 5.73. The summed E-state index contributed by atoms with van der Waals surface area (Å²) in [5.41, 5.74) is 5.98. The minimum Gasteiger partial charge on any atom is -0.497 e. The summed E-state index contributed by atoms with van der Waals surface area (Å²) in [4.78, 5) is 23.9. The summed E-state index contributed by atoms with van der Waals surface area (Å²) in [6.07, 6.45) is 0.149. The number of halogens is 1. The molecule has 0 heterocycles. The van der Waals surface area contributed by atoms with E-state index in [9.17, 15) is 9.59 Å². The van der Waals surface area contributed by atoms with Crippen LogP contribution >= 0.6 is 15.9 Å². The summed E-state index contributed by atoms with van der Waals surface area (Å²) in [5.74, 6) is 0.607. The third kappa shape index (κ3) is 4.73. The van der Waals surface area contributed by atoms with E-state index in [1.165, 1.54) is 0 Å². The van der Waals surface area contributed by atoms with Crippen molar-refractivity contribution in [1.82, 2.24) is 10.9 Å². The first-order valence-electron chi connectivity index (χ1n) is 7.09. The Hall–Kier alpha value is -2.54. The van der Waals surface area contributed by atoms with Gasteiger partial charge in [0.1, 0.15) is 11.5 Å². The van der Waals surface area contributed by atoms with E-state index in [-0.39, 0.29) is 12.3 Å². The van der Waals surface area contributed by atoms with E-state index >= 15 is 0 Å². The first-order valence-corrected chi connectivity index (χ1v) is 7.88. The van der Waals surface area contributed by atoms with Crippen LogP contribution in [0.3, 0.4) is 0 Å². The molecule has 0 atom stereocenters. The van der Waals surface area contributed by atoms with Gasteiger partial charge in [0.25, 0.3) is 5.91 Å².